The number of phenolic OH excluding ortho intramolecular Hbond substituents is 1. The van der Waals surface area contributed by atoms with Crippen LogP contribution in [-0.4, -0.2) is 35.3 Å². The SMILES string of the molecule is CCOCC(O)CSc1cccc(O)c1. The molecule has 1 aromatic carbocycles. The molecule has 0 fully saturated rings. The van der Waals surface area contributed by atoms with Gasteiger partial charge in [0.1, 0.15) is 5.75 Å². The van der Waals surface area contributed by atoms with Crippen LogP contribution in [0.2, 0.25) is 0 Å². The minimum atomic E-state index is -0.461. The molecule has 0 radical (unpaired) electrons. The van der Waals surface area contributed by atoms with E-state index in [0.717, 1.165) is 4.90 Å². The van der Waals surface area contributed by atoms with Gasteiger partial charge in [0.05, 0.1) is 12.7 Å². The van der Waals surface area contributed by atoms with Gasteiger partial charge in [-0.25, -0.2) is 0 Å². The third kappa shape index (κ3) is 5.06. The summed E-state index contributed by atoms with van der Waals surface area (Å²) in [4.78, 5) is 0.950. The Morgan fingerprint density at radius 1 is 1.47 bits per heavy atom. The van der Waals surface area contributed by atoms with Crippen LogP contribution in [0, 0.1) is 0 Å². The summed E-state index contributed by atoms with van der Waals surface area (Å²) in [7, 11) is 0. The van der Waals surface area contributed by atoms with Crippen LogP contribution in [0.5, 0.6) is 5.75 Å². The number of benzene rings is 1. The molecule has 0 bridgehead atoms. The smallest absolute Gasteiger partial charge is 0.116 e. The van der Waals surface area contributed by atoms with Crippen LogP contribution in [0.4, 0.5) is 0 Å². The Balaban J connectivity index is 2.30. The number of rotatable bonds is 6. The molecule has 0 saturated carbocycles. The maximum Gasteiger partial charge on any atom is 0.116 e. The Hall–Kier alpha value is -0.710. The second-order valence-electron chi connectivity index (χ2n) is 3.12. The Labute approximate surface area is 94.1 Å². The van der Waals surface area contributed by atoms with Crippen LogP contribution in [0.1, 0.15) is 6.92 Å². The van der Waals surface area contributed by atoms with Crippen LogP contribution in [-0.2, 0) is 4.74 Å². The van der Waals surface area contributed by atoms with Gasteiger partial charge >= 0.3 is 0 Å². The Bertz CT molecular complexity index is 291. The minimum Gasteiger partial charge on any atom is -0.508 e. The molecule has 1 aromatic rings. The van der Waals surface area contributed by atoms with Crippen molar-refractivity contribution in [3.05, 3.63) is 24.3 Å². The molecule has 4 heteroatoms. The molecular formula is C11H16O3S. The number of hydrogen-bond acceptors (Lipinski definition) is 4. The third-order valence-corrected chi connectivity index (χ3v) is 2.91. The number of thioether (sulfide) groups is 1. The van der Waals surface area contributed by atoms with Crippen molar-refractivity contribution in [3.63, 3.8) is 0 Å². The van der Waals surface area contributed by atoms with Crippen molar-refractivity contribution in [3.8, 4) is 5.75 Å². The fourth-order valence-electron chi connectivity index (χ4n) is 1.07. The number of phenols is 1. The number of aliphatic hydroxyl groups excluding tert-OH is 1. The van der Waals surface area contributed by atoms with Gasteiger partial charge in [-0.05, 0) is 25.1 Å². The average molecular weight is 228 g/mol. The van der Waals surface area contributed by atoms with Gasteiger partial charge < -0.3 is 14.9 Å². The Kier molecular flexibility index (Phi) is 5.53. The fraction of sp³-hybridized carbons (Fsp3) is 0.455. The molecule has 0 amide bonds. The summed E-state index contributed by atoms with van der Waals surface area (Å²) in [6.07, 6.45) is -0.461. The van der Waals surface area contributed by atoms with Gasteiger partial charge in [0.25, 0.3) is 0 Å². The van der Waals surface area contributed by atoms with Crippen molar-refractivity contribution in [2.75, 3.05) is 19.0 Å². The lowest BCUT2D eigenvalue weighted by atomic mass is 10.3. The molecule has 0 aliphatic carbocycles. The molecule has 0 saturated heterocycles. The van der Waals surface area contributed by atoms with Crippen LogP contribution < -0.4 is 0 Å². The lowest BCUT2D eigenvalue weighted by molar-refractivity contribution is 0.0551. The molecular weight excluding hydrogens is 212 g/mol. The number of ether oxygens (including phenoxy) is 1. The Morgan fingerprint density at radius 2 is 2.27 bits per heavy atom. The second kappa shape index (κ2) is 6.71. The fourth-order valence-corrected chi connectivity index (χ4v) is 1.93. The third-order valence-electron chi connectivity index (χ3n) is 1.77. The van der Waals surface area contributed by atoms with E-state index in [1.165, 1.54) is 11.8 Å². The van der Waals surface area contributed by atoms with E-state index in [4.69, 9.17) is 4.74 Å². The van der Waals surface area contributed by atoms with Crippen molar-refractivity contribution >= 4 is 11.8 Å². The monoisotopic (exact) mass is 228 g/mol. The van der Waals surface area contributed by atoms with Crippen molar-refractivity contribution in [1.82, 2.24) is 0 Å². The van der Waals surface area contributed by atoms with Crippen LogP contribution in [0.15, 0.2) is 29.2 Å². The highest BCUT2D eigenvalue weighted by Gasteiger charge is 2.05. The van der Waals surface area contributed by atoms with E-state index in [0.29, 0.717) is 19.0 Å². The van der Waals surface area contributed by atoms with Crippen molar-refractivity contribution in [2.24, 2.45) is 0 Å². The predicted octanol–water partition coefficient (Wildman–Crippen LogP) is 1.88. The van der Waals surface area contributed by atoms with E-state index in [1.54, 1.807) is 18.2 Å². The summed E-state index contributed by atoms with van der Waals surface area (Å²) in [5.41, 5.74) is 0. The summed E-state index contributed by atoms with van der Waals surface area (Å²) in [5, 5.41) is 18.7. The zero-order chi connectivity index (χ0) is 11.1. The second-order valence-corrected chi connectivity index (χ2v) is 4.22. The molecule has 0 spiro atoms. The first-order valence-electron chi connectivity index (χ1n) is 4.90. The molecule has 0 aromatic heterocycles. The standard InChI is InChI=1S/C11H16O3S/c1-2-14-7-10(13)8-15-11-5-3-4-9(12)6-11/h3-6,10,12-13H,2,7-8H2,1H3. The zero-order valence-electron chi connectivity index (χ0n) is 8.72. The normalized spacial score (nSPS) is 12.7. The van der Waals surface area contributed by atoms with Gasteiger partial charge in [-0.2, -0.15) is 0 Å². The highest BCUT2D eigenvalue weighted by Crippen LogP contribution is 2.22. The van der Waals surface area contributed by atoms with Crippen molar-refractivity contribution < 1.29 is 14.9 Å². The molecule has 0 aliphatic heterocycles. The molecule has 3 nitrogen and oxygen atoms in total. The zero-order valence-corrected chi connectivity index (χ0v) is 9.54. The van der Waals surface area contributed by atoms with Gasteiger partial charge in [0, 0.05) is 17.3 Å². The molecule has 1 unspecified atom stereocenters. The topological polar surface area (TPSA) is 49.7 Å². The van der Waals surface area contributed by atoms with E-state index in [-0.39, 0.29) is 5.75 Å². The molecule has 1 atom stereocenters. The summed E-state index contributed by atoms with van der Waals surface area (Å²) in [6, 6.07) is 6.99. The van der Waals surface area contributed by atoms with E-state index in [9.17, 15) is 10.2 Å². The summed E-state index contributed by atoms with van der Waals surface area (Å²) >= 11 is 1.50. The van der Waals surface area contributed by atoms with Crippen LogP contribution >= 0.6 is 11.8 Å². The largest absolute Gasteiger partial charge is 0.508 e. The minimum absolute atomic E-state index is 0.249. The van der Waals surface area contributed by atoms with Crippen LogP contribution in [0.3, 0.4) is 0 Å². The van der Waals surface area contributed by atoms with Crippen molar-refractivity contribution in [1.29, 1.82) is 0 Å². The maximum atomic E-state index is 9.50. The lowest BCUT2D eigenvalue weighted by Gasteiger charge is -2.09. The average Bonchev–Trinajstić information content (AvgIpc) is 2.23. The first kappa shape index (κ1) is 12.4. The van der Waals surface area contributed by atoms with Crippen molar-refractivity contribution in [2.45, 2.75) is 17.9 Å². The van der Waals surface area contributed by atoms with E-state index in [2.05, 4.69) is 0 Å². The molecule has 1 rings (SSSR count). The first-order valence-corrected chi connectivity index (χ1v) is 5.88. The summed E-state index contributed by atoms with van der Waals surface area (Å²) in [5.74, 6) is 0.822. The number of aromatic hydroxyl groups is 1. The lowest BCUT2D eigenvalue weighted by Crippen LogP contribution is -2.17. The van der Waals surface area contributed by atoms with Gasteiger partial charge in [-0.15, -0.1) is 11.8 Å². The number of aliphatic hydroxyl groups is 1. The van der Waals surface area contributed by atoms with Gasteiger partial charge in [-0.1, -0.05) is 6.07 Å². The predicted molar refractivity (Wildman–Crippen MR) is 61.3 cm³/mol. The van der Waals surface area contributed by atoms with Gasteiger partial charge in [-0.3, -0.25) is 0 Å². The van der Waals surface area contributed by atoms with Gasteiger partial charge in [0.15, 0.2) is 0 Å². The van der Waals surface area contributed by atoms with E-state index < -0.39 is 6.10 Å². The van der Waals surface area contributed by atoms with E-state index in [1.807, 2.05) is 13.0 Å². The van der Waals surface area contributed by atoms with E-state index >= 15 is 0 Å². The quantitative estimate of drug-likeness (QED) is 0.730. The van der Waals surface area contributed by atoms with Crippen LogP contribution in [0.25, 0.3) is 0 Å². The highest BCUT2D eigenvalue weighted by molar-refractivity contribution is 7.99. The number of hydrogen-bond donors (Lipinski definition) is 2. The van der Waals surface area contributed by atoms with Gasteiger partial charge in [0.2, 0.25) is 0 Å². The molecule has 0 heterocycles. The maximum absolute atomic E-state index is 9.50. The summed E-state index contributed by atoms with van der Waals surface area (Å²) in [6.45, 7) is 2.88. The molecule has 84 valence electrons. The summed E-state index contributed by atoms with van der Waals surface area (Å²) < 4.78 is 5.09. The molecule has 2 N–H and O–H groups in total. The Morgan fingerprint density at radius 3 is 2.93 bits per heavy atom. The molecule has 15 heavy (non-hydrogen) atoms. The first-order chi connectivity index (χ1) is 7.22. The highest BCUT2D eigenvalue weighted by atomic mass is 32.2. The molecule has 0 aliphatic rings.